The number of pyridine rings is 1. The van der Waals surface area contributed by atoms with Crippen LogP contribution in [0.5, 0.6) is 0 Å². The molecule has 0 spiro atoms. The molecular formula is C14H13FIN3O. The Balaban J connectivity index is 2.23. The molecule has 0 aliphatic carbocycles. The van der Waals surface area contributed by atoms with Crippen LogP contribution in [0, 0.1) is 9.39 Å². The van der Waals surface area contributed by atoms with Crippen molar-refractivity contribution in [2.75, 3.05) is 17.2 Å². The molecule has 0 aliphatic rings. The molecule has 6 heteroatoms. The summed E-state index contributed by atoms with van der Waals surface area (Å²) < 4.78 is 15.1. The SMILES string of the molecule is CCNc1nccc(C(=O)Nc2cccc(I)c2)c1F. The summed E-state index contributed by atoms with van der Waals surface area (Å²) in [6.45, 7) is 2.37. The number of nitrogens with zero attached hydrogens (tertiary/aromatic N) is 1. The number of carbonyl (C=O) groups excluding carboxylic acids is 1. The zero-order valence-electron chi connectivity index (χ0n) is 10.8. The Kier molecular flexibility index (Phi) is 4.89. The minimum Gasteiger partial charge on any atom is -0.368 e. The number of rotatable bonds is 4. The maximum Gasteiger partial charge on any atom is 0.258 e. The Morgan fingerprint density at radius 2 is 2.20 bits per heavy atom. The summed E-state index contributed by atoms with van der Waals surface area (Å²) in [6.07, 6.45) is 1.41. The summed E-state index contributed by atoms with van der Waals surface area (Å²) in [5.41, 5.74) is 0.595. The lowest BCUT2D eigenvalue weighted by Crippen LogP contribution is -2.15. The number of amides is 1. The highest BCUT2D eigenvalue weighted by Gasteiger charge is 2.15. The van der Waals surface area contributed by atoms with E-state index in [-0.39, 0.29) is 11.4 Å². The van der Waals surface area contributed by atoms with Gasteiger partial charge in [-0.25, -0.2) is 9.37 Å². The van der Waals surface area contributed by atoms with E-state index in [0.717, 1.165) is 3.57 Å². The number of aromatic nitrogens is 1. The second kappa shape index (κ2) is 6.65. The van der Waals surface area contributed by atoms with E-state index in [9.17, 15) is 9.18 Å². The third-order valence-electron chi connectivity index (χ3n) is 2.56. The largest absolute Gasteiger partial charge is 0.368 e. The van der Waals surface area contributed by atoms with Gasteiger partial charge in [0.15, 0.2) is 11.6 Å². The molecule has 1 amide bonds. The molecular weight excluding hydrogens is 372 g/mol. The minimum atomic E-state index is -0.641. The first-order valence-electron chi connectivity index (χ1n) is 6.07. The van der Waals surface area contributed by atoms with Crippen LogP contribution in [-0.4, -0.2) is 17.4 Å². The van der Waals surface area contributed by atoms with Crippen molar-refractivity contribution in [3.05, 3.63) is 51.5 Å². The van der Waals surface area contributed by atoms with Gasteiger partial charge in [0.2, 0.25) is 0 Å². The second-order valence-electron chi connectivity index (χ2n) is 4.02. The molecule has 0 fully saturated rings. The van der Waals surface area contributed by atoms with Gasteiger partial charge >= 0.3 is 0 Å². The van der Waals surface area contributed by atoms with E-state index in [1.54, 1.807) is 6.07 Å². The molecule has 0 saturated carbocycles. The molecule has 0 saturated heterocycles. The highest BCUT2D eigenvalue weighted by atomic mass is 127. The molecule has 2 N–H and O–H groups in total. The monoisotopic (exact) mass is 385 g/mol. The van der Waals surface area contributed by atoms with Gasteiger partial charge in [-0.3, -0.25) is 4.79 Å². The van der Waals surface area contributed by atoms with E-state index in [4.69, 9.17) is 0 Å². The fourth-order valence-corrected chi connectivity index (χ4v) is 2.22. The summed E-state index contributed by atoms with van der Waals surface area (Å²) in [5.74, 6) is -1.05. The highest BCUT2D eigenvalue weighted by molar-refractivity contribution is 14.1. The molecule has 0 atom stereocenters. The lowest BCUT2D eigenvalue weighted by Gasteiger charge is -2.09. The van der Waals surface area contributed by atoms with Gasteiger partial charge in [0.1, 0.15) is 0 Å². The Labute approximate surface area is 129 Å². The average Bonchev–Trinajstić information content (AvgIpc) is 2.41. The quantitative estimate of drug-likeness (QED) is 0.793. The first-order valence-corrected chi connectivity index (χ1v) is 7.15. The fourth-order valence-electron chi connectivity index (χ4n) is 1.67. The summed E-state index contributed by atoms with van der Waals surface area (Å²) in [7, 11) is 0. The number of carbonyl (C=O) groups is 1. The molecule has 0 radical (unpaired) electrons. The number of hydrogen-bond acceptors (Lipinski definition) is 3. The molecule has 0 unspecified atom stereocenters. The fraction of sp³-hybridized carbons (Fsp3) is 0.143. The topological polar surface area (TPSA) is 54.0 Å². The zero-order valence-corrected chi connectivity index (χ0v) is 12.9. The summed E-state index contributed by atoms with van der Waals surface area (Å²) in [4.78, 5) is 16.0. The molecule has 4 nitrogen and oxygen atoms in total. The van der Waals surface area contributed by atoms with Crippen molar-refractivity contribution in [2.24, 2.45) is 0 Å². The maximum atomic E-state index is 14.1. The first kappa shape index (κ1) is 14.7. The van der Waals surface area contributed by atoms with Crippen LogP contribution in [0.1, 0.15) is 17.3 Å². The highest BCUT2D eigenvalue weighted by Crippen LogP contribution is 2.18. The van der Waals surface area contributed by atoms with E-state index in [1.165, 1.54) is 12.3 Å². The van der Waals surface area contributed by atoms with Crippen molar-refractivity contribution in [1.82, 2.24) is 4.98 Å². The van der Waals surface area contributed by atoms with Crippen molar-refractivity contribution >= 4 is 40.0 Å². The van der Waals surface area contributed by atoms with E-state index in [2.05, 4.69) is 38.2 Å². The number of benzene rings is 1. The normalized spacial score (nSPS) is 10.2. The molecule has 1 heterocycles. The van der Waals surface area contributed by atoms with Crippen LogP contribution in [0.15, 0.2) is 36.5 Å². The Hall–Kier alpha value is -1.70. The van der Waals surface area contributed by atoms with Gasteiger partial charge in [-0.1, -0.05) is 6.07 Å². The van der Waals surface area contributed by atoms with Gasteiger partial charge in [-0.15, -0.1) is 0 Å². The van der Waals surface area contributed by atoms with Crippen LogP contribution in [0.2, 0.25) is 0 Å². The molecule has 0 aliphatic heterocycles. The molecule has 20 heavy (non-hydrogen) atoms. The maximum absolute atomic E-state index is 14.1. The minimum absolute atomic E-state index is 0.0326. The summed E-state index contributed by atoms with van der Waals surface area (Å²) in [6, 6.07) is 8.66. The number of hydrogen-bond donors (Lipinski definition) is 2. The van der Waals surface area contributed by atoms with Crippen LogP contribution < -0.4 is 10.6 Å². The number of nitrogens with one attached hydrogen (secondary N) is 2. The Morgan fingerprint density at radius 1 is 1.40 bits per heavy atom. The summed E-state index contributed by atoms with van der Waals surface area (Å²) >= 11 is 2.14. The standard InChI is InChI=1S/C14H13FIN3O/c1-2-17-13-12(15)11(6-7-18-13)14(20)19-10-5-3-4-9(16)8-10/h3-8H,2H2,1H3,(H,17,18)(H,19,20). The van der Waals surface area contributed by atoms with E-state index >= 15 is 0 Å². The van der Waals surface area contributed by atoms with E-state index < -0.39 is 11.7 Å². The van der Waals surface area contributed by atoms with Crippen LogP contribution in [0.4, 0.5) is 15.9 Å². The van der Waals surface area contributed by atoms with Crippen LogP contribution >= 0.6 is 22.6 Å². The van der Waals surface area contributed by atoms with Gasteiger partial charge in [-0.2, -0.15) is 0 Å². The smallest absolute Gasteiger partial charge is 0.258 e. The van der Waals surface area contributed by atoms with Gasteiger partial charge in [0, 0.05) is 22.0 Å². The van der Waals surface area contributed by atoms with Crippen LogP contribution in [0.3, 0.4) is 0 Å². The van der Waals surface area contributed by atoms with Crippen molar-refractivity contribution < 1.29 is 9.18 Å². The third kappa shape index (κ3) is 3.44. The van der Waals surface area contributed by atoms with Crippen LogP contribution in [-0.2, 0) is 0 Å². The van der Waals surface area contributed by atoms with Crippen LogP contribution in [0.25, 0.3) is 0 Å². The first-order chi connectivity index (χ1) is 9.61. The predicted octanol–water partition coefficient (Wildman–Crippen LogP) is 3.51. The van der Waals surface area contributed by atoms with Crippen molar-refractivity contribution in [3.63, 3.8) is 0 Å². The third-order valence-corrected chi connectivity index (χ3v) is 3.23. The van der Waals surface area contributed by atoms with E-state index in [0.29, 0.717) is 12.2 Å². The molecule has 104 valence electrons. The second-order valence-corrected chi connectivity index (χ2v) is 5.26. The van der Waals surface area contributed by atoms with Crippen molar-refractivity contribution in [3.8, 4) is 0 Å². The van der Waals surface area contributed by atoms with Gasteiger partial charge in [-0.05, 0) is 53.8 Å². The molecule has 1 aromatic heterocycles. The van der Waals surface area contributed by atoms with Crippen molar-refractivity contribution in [2.45, 2.75) is 6.92 Å². The van der Waals surface area contributed by atoms with E-state index in [1.807, 2.05) is 25.1 Å². The Morgan fingerprint density at radius 3 is 2.90 bits per heavy atom. The molecule has 2 aromatic rings. The molecule has 0 bridgehead atoms. The van der Waals surface area contributed by atoms with Gasteiger partial charge < -0.3 is 10.6 Å². The predicted molar refractivity (Wildman–Crippen MR) is 85.5 cm³/mol. The van der Waals surface area contributed by atoms with Crippen molar-refractivity contribution in [1.29, 1.82) is 0 Å². The molecule has 2 rings (SSSR count). The molecule has 1 aromatic carbocycles. The van der Waals surface area contributed by atoms with Gasteiger partial charge in [0.05, 0.1) is 5.56 Å². The number of halogens is 2. The zero-order chi connectivity index (χ0) is 14.5. The lowest BCUT2D eigenvalue weighted by atomic mass is 10.2. The summed E-state index contributed by atoms with van der Waals surface area (Å²) in [5, 5.41) is 5.45. The van der Waals surface area contributed by atoms with Gasteiger partial charge in [0.25, 0.3) is 5.91 Å². The Bertz CT molecular complexity index is 634. The lowest BCUT2D eigenvalue weighted by molar-refractivity contribution is 0.102. The number of anilines is 2. The average molecular weight is 385 g/mol.